The minimum absolute atomic E-state index is 0.272. The van der Waals surface area contributed by atoms with Gasteiger partial charge in [-0.1, -0.05) is 18.5 Å². The number of aromatic nitrogens is 2. The molecule has 0 bridgehead atoms. The van der Waals surface area contributed by atoms with E-state index in [1.807, 2.05) is 6.92 Å². The Morgan fingerprint density at radius 2 is 2.00 bits per heavy atom. The highest BCUT2D eigenvalue weighted by Gasteiger charge is 2.16. The summed E-state index contributed by atoms with van der Waals surface area (Å²) >= 11 is 6.21. The quantitative estimate of drug-likeness (QED) is 0.870. The van der Waals surface area contributed by atoms with E-state index in [-0.39, 0.29) is 11.6 Å². The van der Waals surface area contributed by atoms with E-state index in [0.717, 1.165) is 17.8 Å². The average molecular weight is 301 g/mol. The molecular formula is C13H14ClFN2OS. The lowest BCUT2D eigenvalue weighted by atomic mass is 10.3. The normalized spacial score (nSPS) is 12.6. The zero-order valence-electron chi connectivity index (χ0n) is 10.7. The lowest BCUT2D eigenvalue weighted by Gasteiger charge is -2.04. The van der Waals surface area contributed by atoms with Crippen LogP contribution >= 0.6 is 11.6 Å². The maximum absolute atomic E-state index is 12.8. The minimum Gasteiger partial charge on any atom is -0.270 e. The second-order valence-electron chi connectivity index (χ2n) is 4.13. The molecule has 0 N–H and O–H groups in total. The fourth-order valence-corrected chi connectivity index (χ4v) is 3.40. The van der Waals surface area contributed by atoms with Gasteiger partial charge in [-0.05, 0) is 30.7 Å². The summed E-state index contributed by atoms with van der Waals surface area (Å²) in [5.74, 6) is -0.0684. The summed E-state index contributed by atoms with van der Waals surface area (Å²) in [6.45, 7) is 1.97. The molecule has 2 aromatic rings. The fraction of sp³-hybridized carbons (Fsp3) is 0.308. The summed E-state index contributed by atoms with van der Waals surface area (Å²) < 4.78 is 26.7. The van der Waals surface area contributed by atoms with Gasteiger partial charge in [-0.25, -0.2) is 4.39 Å². The van der Waals surface area contributed by atoms with Crippen molar-refractivity contribution in [1.29, 1.82) is 0 Å². The van der Waals surface area contributed by atoms with Gasteiger partial charge in [-0.3, -0.25) is 8.89 Å². The third kappa shape index (κ3) is 3.04. The van der Waals surface area contributed by atoms with Gasteiger partial charge in [0.1, 0.15) is 5.82 Å². The molecular weight excluding hydrogens is 287 g/mol. The number of hydrogen-bond acceptors (Lipinski definition) is 2. The highest BCUT2D eigenvalue weighted by molar-refractivity contribution is 7.84. The van der Waals surface area contributed by atoms with Crippen LogP contribution in [0.5, 0.6) is 0 Å². The van der Waals surface area contributed by atoms with Crippen LogP contribution in [0.3, 0.4) is 0 Å². The van der Waals surface area contributed by atoms with Gasteiger partial charge in [0.25, 0.3) is 0 Å². The SMILES string of the molecule is CCc1nn(C)c(CS(=O)c2ccc(F)cc2)c1Cl. The molecule has 0 aliphatic carbocycles. The Balaban J connectivity index is 2.24. The third-order valence-electron chi connectivity index (χ3n) is 2.85. The highest BCUT2D eigenvalue weighted by atomic mass is 35.5. The van der Waals surface area contributed by atoms with E-state index in [9.17, 15) is 8.60 Å². The van der Waals surface area contributed by atoms with Crippen LogP contribution in [0.2, 0.25) is 5.02 Å². The van der Waals surface area contributed by atoms with Crippen LogP contribution in [0.25, 0.3) is 0 Å². The molecule has 1 unspecified atom stereocenters. The van der Waals surface area contributed by atoms with Gasteiger partial charge in [0, 0.05) is 11.9 Å². The summed E-state index contributed by atoms with van der Waals surface area (Å²) in [6.07, 6.45) is 0.732. The molecule has 1 aromatic carbocycles. The Morgan fingerprint density at radius 3 is 2.53 bits per heavy atom. The Bertz CT molecular complexity index is 610. The Morgan fingerprint density at radius 1 is 1.37 bits per heavy atom. The van der Waals surface area contributed by atoms with Crippen molar-refractivity contribution >= 4 is 22.4 Å². The number of rotatable bonds is 4. The molecule has 1 heterocycles. The number of benzene rings is 1. The molecule has 2 rings (SSSR count). The monoisotopic (exact) mass is 300 g/mol. The van der Waals surface area contributed by atoms with Gasteiger partial charge < -0.3 is 0 Å². The molecule has 3 nitrogen and oxygen atoms in total. The first kappa shape index (κ1) is 14.2. The van der Waals surface area contributed by atoms with Gasteiger partial charge in [0.15, 0.2) is 0 Å². The molecule has 0 saturated carbocycles. The van der Waals surface area contributed by atoms with Crippen molar-refractivity contribution in [2.45, 2.75) is 24.0 Å². The van der Waals surface area contributed by atoms with E-state index < -0.39 is 10.8 Å². The van der Waals surface area contributed by atoms with Crippen molar-refractivity contribution in [2.75, 3.05) is 0 Å². The van der Waals surface area contributed by atoms with Crippen LogP contribution in [-0.2, 0) is 30.0 Å². The zero-order valence-corrected chi connectivity index (χ0v) is 12.3. The molecule has 19 heavy (non-hydrogen) atoms. The van der Waals surface area contributed by atoms with Gasteiger partial charge in [-0.2, -0.15) is 5.10 Å². The van der Waals surface area contributed by atoms with Crippen molar-refractivity contribution in [3.63, 3.8) is 0 Å². The zero-order chi connectivity index (χ0) is 14.0. The van der Waals surface area contributed by atoms with Crippen molar-refractivity contribution in [2.24, 2.45) is 7.05 Å². The Labute approximate surface area is 118 Å². The maximum atomic E-state index is 12.8. The summed E-state index contributed by atoms with van der Waals surface area (Å²) in [4.78, 5) is 0.580. The molecule has 0 fully saturated rings. The molecule has 0 spiro atoms. The molecule has 0 saturated heterocycles. The van der Waals surface area contributed by atoms with E-state index in [2.05, 4.69) is 5.10 Å². The van der Waals surface area contributed by atoms with Crippen LogP contribution in [-0.4, -0.2) is 14.0 Å². The van der Waals surface area contributed by atoms with Gasteiger partial charge in [0.05, 0.1) is 33.0 Å². The van der Waals surface area contributed by atoms with E-state index in [1.54, 1.807) is 11.7 Å². The predicted octanol–water partition coefficient (Wildman–Crippen LogP) is 3.08. The van der Waals surface area contributed by atoms with Gasteiger partial charge in [0.2, 0.25) is 0 Å². The summed E-state index contributed by atoms with van der Waals surface area (Å²) in [5.41, 5.74) is 1.54. The topological polar surface area (TPSA) is 34.9 Å². The molecule has 102 valence electrons. The summed E-state index contributed by atoms with van der Waals surface area (Å²) in [7, 11) is 0.516. The lowest BCUT2D eigenvalue weighted by molar-refractivity contribution is 0.626. The third-order valence-corrected chi connectivity index (χ3v) is 4.62. The molecule has 0 radical (unpaired) electrons. The maximum Gasteiger partial charge on any atom is 0.123 e. The predicted molar refractivity (Wildman–Crippen MR) is 74.1 cm³/mol. The van der Waals surface area contributed by atoms with Crippen LogP contribution in [0.4, 0.5) is 4.39 Å². The second-order valence-corrected chi connectivity index (χ2v) is 5.96. The Kier molecular flexibility index (Phi) is 4.37. The molecule has 6 heteroatoms. The lowest BCUT2D eigenvalue weighted by Crippen LogP contribution is -2.03. The van der Waals surface area contributed by atoms with Crippen LogP contribution in [0, 0.1) is 5.82 Å². The first-order valence-corrected chi connectivity index (χ1v) is 7.56. The number of hydrogen-bond donors (Lipinski definition) is 0. The van der Waals surface area contributed by atoms with Crippen LogP contribution in [0.1, 0.15) is 18.3 Å². The number of aryl methyl sites for hydroxylation is 2. The van der Waals surface area contributed by atoms with Gasteiger partial charge in [-0.15, -0.1) is 0 Å². The number of halogens is 2. The van der Waals surface area contributed by atoms with E-state index in [1.165, 1.54) is 24.3 Å². The standard InChI is InChI=1S/C13H14ClFN2OS/c1-3-11-13(14)12(17(2)16-11)8-19(18)10-6-4-9(15)5-7-10/h4-7H,3,8H2,1-2H3. The van der Waals surface area contributed by atoms with Crippen molar-refractivity contribution in [1.82, 2.24) is 9.78 Å². The van der Waals surface area contributed by atoms with Crippen molar-refractivity contribution in [3.05, 3.63) is 46.5 Å². The first-order valence-electron chi connectivity index (χ1n) is 5.87. The van der Waals surface area contributed by atoms with E-state index >= 15 is 0 Å². The summed E-state index contributed by atoms with van der Waals surface area (Å²) in [5, 5.41) is 4.85. The van der Waals surface area contributed by atoms with Gasteiger partial charge >= 0.3 is 0 Å². The van der Waals surface area contributed by atoms with E-state index in [0.29, 0.717) is 9.92 Å². The largest absolute Gasteiger partial charge is 0.270 e. The molecule has 0 aliphatic heterocycles. The Hall–Kier alpha value is -1.20. The highest BCUT2D eigenvalue weighted by Crippen LogP contribution is 2.23. The second kappa shape index (κ2) is 5.84. The smallest absolute Gasteiger partial charge is 0.123 e. The van der Waals surface area contributed by atoms with Crippen molar-refractivity contribution in [3.8, 4) is 0 Å². The molecule has 0 amide bonds. The van der Waals surface area contributed by atoms with Crippen molar-refractivity contribution < 1.29 is 8.60 Å². The molecule has 1 aromatic heterocycles. The number of nitrogens with zero attached hydrogens (tertiary/aromatic N) is 2. The molecule has 0 aliphatic rings. The fourth-order valence-electron chi connectivity index (χ4n) is 1.77. The minimum atomic E-state index is -1.26. The van der Waals surface area contributed by atoms with E-state index in [4.69, 9.17) is 11.6 Å². The first-order chi connectivity index (χ1) is 9.02. The van der Waals surface area contributed by atoms with Crippen LogP contribution < -0.4 is 0 Å². The van der Waals surface area contributed by atoms with Crippen LogP contribution in [0.15, 0.2) is 29.2 Å². The molecule has 1 atom stereocenters. The summed E-state index contributed by atoms with van der Waals surface area (Å²) in [6, 6.07) is 5.65. The average Bonchev–Trinajstić information content (AvgIpc) is 2.67.